The van der Waals surface area contributed by atoms with Gasteiger partial charge in [-0.05, 0) is 49.9 Å². The average Bonchev–Trinajstić information content (AvgIpc) is 2.31. The average molecular weight is 249 g/mol. The first-order valence-corrected chi connectivity index (χ1v) is 6.59. The number of hydrogen-bond acceptors (Lipinski definition) is 2. The van der Waals surface area contributed by atoms with Crippen LogP contribution < -0.4 is 10.1 Å². The van der Waals surface area contributed by atoms with Crippen LogP contribution in [0, 0.1) is 13.8 Å². The highest BCUT2D eigenvalue weighted by molar-refractivity contribution is 5.81. The minimum atomic E-state index is -0.405. The fourth-order valence-corrected chi connectivity index (χ4v) is 1.85. The van der Waals surface area contributed by atoms with Gasteiger partial charge in [0.15, 0.2) is 6.10 Å². The third-order valence-corrected chi connectivity index (χ3v) is 2.69. The minimum absolute atomic E-state index is 0.0292. The summed E-state index contributed by atoms with van der Waals surface area (Å²) in [5.74, 6) is 0.740. The number of hydrogen-bond donors (Lipinski definition) is 1. The van der Waals surface area contributed by atoms with Crippen molar-refractivity contribution in [1.82, 2.24) is 5.32 Å². The first kappa shape index (κ1) is 14.6. The summed E-state index contributed by atoms with van der Waals surface area (Å²) < 4.78 is 5.77. The second kappa shape index (κ2) is 7.04. The highest BCUT2D eigenvalue weighted by atomic mass is 16.5. The van der Waals surface area contributed by atoms with Crippen LogP contribution in [-0.4, -0.2) is 18.6 Å². The van der Waals surface area contributed by atoms with Crippen LogP contribution in [0.1, 0.15) is 37.8 Å². The largest absolute Gasteiger partial charge is 0.481 e. The normalized spacial score (nSPS) is 12.0. The van der Waals surface area contributed by atoms with Crippen LogP contribution in [-0.2, 0) is 4.79 Å². The van der Waals surface area contributed by atoms with E-state index < -0.39 is 6.10 Å². The molecule has 1 aromatic rings. The molecule has 0 aliphatic heterocycles. The van der Waals surface area contributed by atoms with E-state index in [9.17, 15) is 4.79 Å². The molecule has 3 nitrogen and oxygen atoms in total. The van der Waals surface area contributed by atoms with Crippen LogP contribution in [0.5, 0.6) is 5.75 Å². The van der Waals surface area contributed by atoms with Gasteiger partial charge in [-0.15, -0.1) is 0 Å². The van der Waals surface area contributed by atoms with Gasteiger partial charge >= 0.3 is 0 Å². The molecule has 100 valence electrons. The fraction of sp³-hybridized carbons (Fsp3) is 0.533. The van der Waals surface area contributed by atoms with Gasteiger partial charge < -0.3 is 10.1 Å². The molecule has 0 aliphatic rings. The second-order valence-electron chi connectivity index (χ2n) is 4.63. The van der Waals surface area contributed by atoms with E-state index in [4.69, 9.17) is 4.74 Å². The summed E-state index contributed by atoms with van der Waals surface area (Å²) in [5, 5.41) is 2.87. The van der Waals surface area contributed by atoms with Gasteiger partial charge in [-0.2, -0.15) is 0 Å². The molecule has 0 aliphatic carbocycles. The molecule has 1 aromatic carbocycles. The van der Waals surface area contributed by atoms with Crippen LogP contribution in [0.15, 0.2) is 18.2 Å². The van der Waals surface area contributed by atoms with Crippen molar-refractivity contribution < 1.29 is 9.53 Å². The molecule has 1 rings (SSSR count). The zero-order valence-corrected chi connectivity index (χ0v) is 11.7. The molecule has 18 heavy (non-hydrogen) atoms. The maximum absolute atomic E-state index is 11.9. The summed E-state index contributed by atoms with van der Waals surface area (Å²) >= 11 is 0. The molecule has 1 amide bonds. The number of amides is 1. The SMILES string of the molecule is CCCNC(=O)C(CC)Oc1cc(C)cc(C)c1. The Morgan fingerprint density at radius 1 is 1.22 bits per heavy atom. The van der Waals surface area contributed by atoms with E-state index >= 15 is 0 Å². The Balaban J connectivity index is 2.70. The molecule has 0 radical (unpaired) electrons. The third kappa shape index (κ3) is 4.40. The molecular formula is C15H23NO2. The van der Waals surface area contributed by atoms with Crippen LogP contribution in [0.3, 0.4) is 0 Å². The molecule has 0 saturated carbocycles. The quantitative estimate of drug-likeness (QED) is 0.841. The van der Waals surface area contributed by atoms with Crippen molar-refractivity contribution in [1.29, 1.82) is 0 Å². The van der Waals surface area contributed by atoms with Crippen molar-refractivity contribution in [3.8, 4) is 5.75 Å². The predicted molar refractivity (Wildman–Crippen MR) is 73.9 cm³/mol. The standard InChI is InChI=1S/C15H23NO2/c1-5-7-16-15(17)14(6-2)18-13-9-11(3)8-12(4)10-13/h8-10,14H,5-7H2,1-4H3,(H,16,17). The van der Waals surface area contributed by atoms with Crippen LogP contribution in [0.25, 0.3) is 0 Å². The topological polar surface area (TPSA) is 38.3 Å². The summed E-state index contributed by atoms with van der Waals surface area (Å²) in [6.45, 7) is 8.74. The Bertz CT molecular complexity index is 381. The molecule has 1 atom stereocenters. The highest BCUT2D eigenvalue weighted by Crippen LogP contribution is 2.18. The zero-order valence-electron chi connectivity index (χ0n) is 11.7. The van der Waals surface area contributed by atoms with Gasteiger partial charge in [0.1, 0.15) is 5.75 Å². The Morgan fingerprint density at radius 2 is 1.83 bits per heavy atom. The van der Waals surface area contributed by atoms with E-state index in [1.54, 1.807) is 0 Å². The molecule has 0 saturated heterocycles. The molecule has 0 fully saturated rings. The van der Waals surface area contributed by atoms with Crippen molar-refractivity contribution in [3.05, 3.63) is 29.3 Å². The highest BCUT2D eigenvalue weighted by Gasteiger charge is 2.17. The number of aryl methyl sites for hydroxylation is 2. The van der Waals surface area contributed by atoms with E-state index in [0.29, 0.717) is 13.0 Å². The number of rotatable bonds is 6. The fourth-order valence-electron chi connectivity index (χ4n) is 1.85. The van der Waals surface area contributed by atoms with Gasteiger partial charge in [0.25, 0.3) is 5.91 Å². The molecule has 1 unspecified atom stereocenters. The molecule has 3 heteroatoms. The van der Waals surface area contributed by atoms with E-state index in [1.165, 1.54) is 0 Å². The number of nitrogens with one attached hydrogen (secondary N) is 1. The van der Waals surface area contributed by atoms with E-state index in [1.807, 2.05) is 39.8 Å². The van der Waals surface area contributed by atoms with Crippen molar-refractivity contribution >= 4 is 5.91 Å². The van der Waals surface area contributed by atoms with Crippen molar-refractivity contribution in [3.63, 3.8) is 0 Å². The van der Waals surface area contributed by atoms with Crippen molar-refractivity contribution in [2.24, 2.45) is 0 Å². The smallest absolute Gasteiger partial charge is 0.261 e. The lowest BCUT2D eigenvalue weighted by Gasteiger charge is -2.17. The molecule has 0 spiro atoms. The molecule has 0 bridgehead atoms. The first-order chi connectivity index (χ1) is 8.56. The second-order valence-corrected chi connectivity index (χ2v) is 4.63. The summed E-state index contributed by atoms with van der Waals surface area (Å²) in [4.78, 5) is 11.9. The lowest BCUT2D eigenvalue weighted by atomic mass is 10.1. The van der Waals surface area contributed by atoms with Gasteiger partial charge in [0, 0.05) is 6.54 Å². The van der Waals surface area contributed by atoms with Gasteiger partial charge in [0.2, 0.25) is 0 Å². The number of benzene rings is 1. The lowest BCUT2D eigenvalue weighted by molar-refractivity contribution is -0.128. The van der Waals surface area contributed by atoms with E-state index in [-0.39, 0.29) is 5.91 Å². The summed E-state index contributed by atoms with van der Waals surface area (Å²) in [7, 11) is 0. The maximum atomic E-state index is 11.9. The number of carbonyl (C=O) groups is 1. The third-order valence-electron chi connectivity index (χ3n) is 2.69. The summed E-state index contributed by atoms with van der Waals surface area (Å²) in [6.07, 6.45) is 1.20. The lowest BCUT2D eigenvalue weighted by Crippen LogP contribution is -2.38. The first-order valence-electron chi connectivity index (χ1n) is 6.59. The zero-order chi connectivity index (χ0) is 13.5. The number of ether oxygens (including phenoxy) is 1. The van der Waals surface area contributed by atoms with E-state index in [0.717, 1.165) is 23.3 Å². The van der Waals surface area contributed by atoms with Gasteiger partial charge in [-0.3, -0.25) is 4.79 Å². The van der Waals surface area contributed by atoms with Crippen LogP contribution in [0.2, 0.25) is 0 Å². The summed E-state index contributed by atoms with van der Waals surface area (Å²) in [5.41, 5.74) is 2.29. The minimum Gasteiger partial charge on any atom is -0.481 e. The molecular weight excluding hydrogens is 226 g/mol. The van der Waals surface area contributed by atoms with Crippen molar-refractivity contribution in [2.75, 3.05) is 6.54 Å². The predicted octanol–water partition coefficient (Wildman–Crippen LogP) is 2.99. The van der Waals surface area contributed by atoms with Crippen LogP contribution >= 0.6 is 0 Å². The van der Waals surface area contributed by atoms with E-state index in [2.05, 4.69) is 11.4 Å². The molecule has 0 aromatic heterocycles. The van der Waals surface area contributed by atoms with Crippen molar-refractivity contribution in [2.45, 2.75) is 46.6 Å². The Morgan fingerprint density at radius 3 is 2.33 bits per heavy atom. The monoisotopic (exact) mass is 249 g/mol. The van der Waals surface area contributed by atoms with Gasteiger partial charge in [0.05, 0.1) is 0 Å². The molecule has 0 heterocycles. The van der Waals surface area contributed by atoms with Gasteiger partial charge in [-0.1, -0.05) is 19.9 Å². The number of carbonyl (C=O) groups excluding carboxylic acids is 1. The van der Waals surface area contributed by atoms with Gasteiger partial charge in [-0.25, -0.2) is 0 Å². The Kier molecular flexibility index (Phi) is 5.69. The Hall–Kier alpha value is -1.51. The molecule has 1 N–H and O–H groups in total. The summed E-state index contributed by atoms with van der Waals surface area (Å²) in [6, 6.07) is 6.01. The maximum Gasteiger partial charge on any atom is 0.261 e. The van der Waals surface area contributed by atoms with Crippen LogP contribution in [0.4, 0.5) is 0 Å². The Labute approximate surface area is 110 Å².